The summed E-state index contributed by atoms with van der Waals surface area (Å²) in [7, 11) is 1.55. The fraction of sp³-hybridized carbons (Fsp3) is 0.391. The van der Waals surface area contributed by atoms with E-state index in [0.29, 0.717) is 48.9 Å². The van der Waals surface area contributed by atoms with Gasteiger partial charge >= 0.3 is 0 Å². The molecule has 0 aliphatic carbocycles. The lowest BCUT2D eigenvalue weighted by molar-refractivity contribution is -0.132. The lowest BCUT2D eigenvalue weighted by Gasteiger charge is -2.34. The Balaban J connectivity index is 1.42. The third kappa shape index (κ3) is 5.97. The van der Waals surface area contributed by atoms with Gasteiger partial charge in [-0.3, -0.25) is 14.5 Å². The third-order valence-corrected chi connectivity index (χ3v) is 5.65. The molecule has 2 amide bonds. The molecule has 2 aromatic carbocycles. The van der Waals surface area contributed by atoms with E-state index in [0.717, 1.165) is 24.2 Å². The largest absolute Gasteiger partial charge is 0.495 e. The average molecular weight is 430 g/mol. The Hall–Kier alpha value is -2.57. The number of anilines is 1. The number of carbonyl (C=O) groups excluding carboxylic acids is 2. The molecular weight excluding hydrogens is 402 g/mol. The van der Waals surface area contributed by atoms with Crippen LogP contribution < -0.4 is 10.1 Å². The lowest BCUT2D eigenvalue weighted by Crippen LogP contribution is -2.49. The third-order valence-electron chi connectivity index (χ3n) is 5.42. The van der Waals surface area contributed by atoms with E-state index in [2.05, 4.69) is 10.2 Å². The Kier molecular flexibility index (Phi) is 7.71. The second-order valence-electron chi connectivity index (χ2n) is 7.47. The van der Waals surface area contributed by atoms with Gasteiger partial charge in [-0.05, 0) is 36.2 Å². The Morgan fingerprint density at radius 3 is 2.53 bits per heavy atom. The van der Waals surface area contributed by atoms with Crippen LogP contribution >= 0.6 is 11.6 Å². The van der Waals surface area contributed by atoms with E-state index in [1.165, 1.54) is 0 Å². The monoisotopic (exact) mass is 429 g/mol. The Labute approximate surface area is 182 Å². The predicted molar refractivity (Wildman–Crippen MR) is 119 cm³/mol. The molecule has 0 saturated carbocycles. The smallest absolute Gasteiger partial charge is 0.227 e. The second-order valence-corrected chi connectivity index (χ2v) is 7.90. The van der Waals surface area contributed by atoms with Crippen molar-refractivity contribution in [3.8, 4) is 5.75 Å². The molecule has 30 heavy (non-hydrogen) atoms. The number of methoxy groups -OCH3 is 1. The van der Waals surface area contributed by atoms with E-state index in [1.54, 1.807) is 25.3 Å². The minimum atomic E-state index is -0.0892. The maximum absolute atomic E-state index is 12.6. The number of rotatable bonds is 7. The Morgan fingerprint density at radius 1 is 1.10 bits per heavy atom. The van der Waals surface area contributed by atoms with Crippen molar-refractivity contribution in [1.29, 1.82) is 0 Å². The standard InChI is InChI=1S/C23H28ClN3O3/c1-17-5-3-4-6-18(17)15-23(29)27-13-11-26(12-14-27)10-9-22(28)25-20-16-19(24)7-8-21(20)30-2/h3-8,16H,9-15H2,1-2H3,(H,25,28). The maximum atomic E-state index is 12.6. The van der Waals surface area contributed by atoms with E-state index < -0.39 is 0 Å². The minimum Gasteiger partial charge on any atom is -0.495 e. The van der Waals surface area contributed by atoms with Gasteiger partial charge < -0.3 is 15.0 Å². The molecule has 0 aromatic heterocycles. The molecule has 1 aliphatic heterocycles. The molecule has 3 rings (SSSR count). The van der Waals surface area contributed by atoms with Crippen LogP contribution in [0.4, 0.5) is 5.69 Å². The number of hydrogen-bond donors (Lipinski definition) is 1. The molecule has 0 radical (unpaired) electrons. The first-order valence-electron chi connectivity index (χ1n) is 10.1. The number of amides is 2. The molecule has 1 N–H and O–H groups in total. The van der Waals surface area contributed by atoms with Crippen molar-refractivity contribution in [3.05, 3.63) is 58.6 Å². The molecule has 160 valence electrons. The van der Waals surface area contributed by atoms with Crippen LogP contribution in [0.1, 0.15) is 17.5 Å². The van der Waals surface area contributed by atoms with E-state index in [-0.39, 0.29) is 11.8 Å². The van der Waals surface area contributed by atoms with Gasteiger partial charge in [0.2, 0.25) is 11.8 Å². The van der Waals surface area contributed by atoms with Gasteiger partial charge in [0.1, 0.15) is 5.75 Å². The topological polar surface area (TPSA) is 61.9 Å². The number of carbonyl (C=O) groups is 2. The van der Waals surface area contributed by atoms with Crippen LogP contribution in [0.3, 0.4) is 0 Å². The first kappa shape index (κ1) is 22.1. The number of benzene rings is 2. The van der Waals surface area contributed by atoms with E-state index in [1.807, 2.05) is 36.1 Å². The van der Waals surface area contributed by atoms with E-state index >= 15 is 0 Å². The molecule has 6 nitrogen and oxygen atoms in total. The van der Waals surface area contributed by atoms with Crippen LogP contribution in [0.2, 0.25) is 5.02 Å². The van der Waals surface area contributed by atoms with Crippen molar-refractivity contribution in [2.24, 2.45) is 0 Å². The zero-order chi connectivity index (χ0) is 21.5. The van der Waals surface area contributed by atoms with Gasteiger partial charge in [0.05, 0.1) is 19.2 Å². The van der Waals surface area contributed by atoms with Crippen LogP contribution in [0, 0.1) is 6.92 Å². The molecule has 2 aromatic rings. The summed E-state index contributed by atoms with van der Waals surface area (Å²) in [6.07, 6.45) is 0.809. The summed E-state index contributed by atoms with van der Waals surface area (Å²) in [6, 6.07) is 13.1. The fourth-order valence-electron chi connectivity index (χ4n) is 3.55. The number of ether oxygens (including phenoxy) is 1. The first-order valence-corrected chi connectivity index (χ1v) is 10.5. The molecule has 7 heteroatoms. The normalized spacial score (nSPS) is 14.4. The van der Waals surface area contributed by atoms with Gasteiger partial charge in [-0.1, -0.05) is 35.9 Å². The van der Waals surface area contributed by atoms with Crippen molar-refractivity contribution < 1.29 is 14.3 Å². The fourth-order valence-corrected chi connectivity index (χ4v) is 3.73. The number of aryl methyl sites for hydroxylation is 1. The lowest BCUT2D eigenvalue weighted by atomic mass is 10.1. The van der Waals surface area contributed by atoms with Crippen molar-refractivity contribution in [2.45, 2.75) is 19.8 Å². The van der Waals surface area contributed by atoms with Crippen molar-refractivity contribution in [1.82, 2.24) is 9.80 Å². The first-order chi connectivity index (χ1) is 14.5. The van der Waals surface area contributed by atoms with Gasteiger partial charge in [-0.2, -0.15) is 0 Å². The molecular formula is C23H28ClN3O3. The molecule has 1 saturated heterocycles. The number of hydrogen-bond acceptors (Lipinski definition) is 4. The highest BCUT2D eigenvalue weighted by atomic mass is 35.5. The summed E-state index contributed by atoms with van der Waals surface area (Å²) in [4.78, 5) is 29.1. The quantitative estimate of drug-likeness (QED) is 0.733. The summed E-state index contributed by atoms with van der Waals surface area (Å²) in [5, 5.41) is 3.40. The molecule has 1 fully saturated rings. The molecule has 1 heterocycles. The zero-order valence-corrected chi connectivity index (χ0v) is 18.2. The van der Waals surface area contributed by atoms with Crippen LogP contribution in [-0.4, -0.2) is 61.4 Å². The summed E-state index contributed by atoms with van der Waals surface area (Å²) < 4.78 is 5.26. The second kappa shape index (κ2) is 10.5. The highest BCUT2D eigenvalue weighted by Crippen LogP contribution is 2.27. The Bertz CT molecular complexity index is 895. The number of nitrogens with one attached hydrogen (secondary N) is 1. The average Bonchev–Trinajstić information content (AvgIpc) is 2.74. The molecule has 1 aliphatic rings. The molecule has 0 bridgehead atoms. The zero-order valence-electron chi connectivity index (χ0n) is 17.5. The van der Waals surface area contributed by atoms with Crippen LogP contribution in [-0.2, 0) is 16.0 Å². The molecule has 0 atom stereocenters. The molecule has 0 spiro atoms. The van der Waals surface area contributed by atoms with E-state index in [9.17, 15) is 9.59 Å². The van der Waals surface area contributed by atoms with E-state index in [4.69, 9.17) is 16.3 Å². The van der Waals surface area contributed by atoms with Gasteiger partial charge in [0, 0.05) is 44.2 Å². The number of halogens is 1. The summed E-state index contributed by atoms with van der Waals surface area (Å²) in [5.41, 5.74) is 2.80. The van der Waals surface area contributed by atoms with Gasteiger partial charge in [-0.15, -0.1) is 0 Å². The van der Waals surface area contributed by atoms with Crippen LogP contribution in [0.25, 0.3) is 0 Å². The maximum Gasteiger partial charge on any atom is 0.227 e. The number of piperazine rings is 1. The van der Waals surface area contributed by atoms with Gasteiger partial charge in [0.15, 0.2) is 0 Å². The summed E-state index contributed by atoms with van der Waals surface area (Å²) in [6.45, 7) is 5.60. The Morgan fingerprint density at radius 2 is 1.83 bits per heavy atom. The highest BCUT2D eigenvalue weighted by Gasteiger charge is 2.22. The highest BCUT2D eigenvalue weighted by molar-refractivity contribution is 6.31. The van der Waals surface area contributed by atoms with Gasteiger partial charge in [0.25, 0.3) is 0 Å². The van der Waals surface area contributed by atoms with Crippen molar-refractivity contribution >= 4 is 29.1 Å². The summed E-state index contributed by atoms with van der Waals surface area (Å²) in [5.74, 6) is 0.650. The van der Waals surface area contributed by atoms with Crippen LogP contribution in [0.15, 0.2) is 42.5 Å². The van der Waals surface area contributed by atoms with Gasteiger partial charge in [-0.25, -0.2) is 0 Å². The SMILES string of the molecule is COc1ccc(Cl)cc1NC(=O)CCN1CCN(C(=O)Cc2ccccc2C)CC1. The van der Waals surface area contributed by atoms with Crippen molar-refractivity contribution in [2.75, 3.05) is 45.2 Å². The minimum absolute atomic E-state index is 0.0892. The molecule has 0 unspecified atom stereocenters. The van der Waals surface area contributed by atoms with Crippen molar-refractivity contribution in [3.63, 3.8) is 0 Å². The number of nitrogens with zero attached hydrogens (tertiary/aromatic N) is 2. The summed E-state index contributed by atoms with van der Waals surface area (Å²) >= 11 is 6.01. The predicted octanol–water partition coefficient (Wildman–Crippen LogP) is 3.37. The van der Waals surface area contributed by atoms with Crippen LogP contribution in [0.5, 0.6) is 5.75 Å².